The Bertz CT molecular complexity index is 388. The van der Waals surface area contributed by atoms with Gasteiger partial charge >= 0.3 is 0 Å². The van der Waals surface area contributed by atoms with Gasteiger partial charge in [-0.25, -0.2) is 0 Å². The quantitative estimate of drug-likeness (QED) is 0.854. The van der Waals surface area contributed by atoms with Crippen LogP contribution >= 0.6 is 0 Å². The standard InChI is InChI=1S/C13H19NO4/c1-15-8-4-9(16-2)6-10(5-8)18-12-7-11(14)13(12)17-3/h4-6,11-13H,7,14H2,1-3H3. The molecule has 3 atom stereocenters. The highest BCUT2D eigenvalue weighted by molar-refractivity contribution is 5.42. The first kappa shape index (κ1) is 13.0. The first-order valence-electron chi connectivity index (χ1n) is 5.86. The third kappa shape index (κ3) is 2.52. The number of hydrogen-bond acceptors (Lipinski definition) is 5. The molecule has 1 aliphatic carbocycles. The molecule has 0 spiro atoms. The molecule has 0 bridgehead atoms. The van der Waals surface area contributed by atoms with E-state index in [1.165, 1.54) is 0 Å². The molecule has 1 aromatic carbocycles. The lowest BCUT2D eigenvalue weighted by Gasteiger charge is -2.41. The van der Waals surface area contributed by atoms with Crippen molar-refractivity contribution in [2.75, 3.05) is 21.3 Å². The first-order valence-corrected chi connectivity index (χ1v) is 5.86. The van der Waals surface area contributed by atoms with Gasteiger partial charge < -0.3 is 24.7 Å². The summed E-state index contributed by atoms with van der Waals surface area (Å²) in [6.45, 7) is 0. The lowest BCUT2D eigenvalue weighted by molar-refractivity contribution is -0.0783. The van der Waals surface area contributed by atoms with Gasteiger partial charge in [-0.1, -0.05) is 0 Å². The molecule has 100 valence electrons. The van der Waals surface area contributed by atoms with Crippen molar-refractivity contribution in [3.8, 4) is 17.2 Å². The molecule has 0 aromatic heterocycles. The molecular formula is C13H19NO4. The molecule has 1 saturated carbocycles. The number of benzene rings is 1. The van der Waals surface area contributed by atoms with Crippen molar-refractivity contribution < 1.29 is 18.9 Å². The van der Waals surface area contributed by atoms with Crippen molar-refractivity contribution in [2.24, 2.45) is 5.73 Å². The molecule has 0 amide bonds. The van der Waals surface area contributed by atoms with Gasteiger partial charge in [-0.05, 0) is 0 Å². The van der Waals surface area contributed by atoms with E-state index in [1.807, 2.05) is 12.1 Å². The van der Waals surface area contributed by atoms with Crippen molar-refractivity contribution in [3.63, 3.8) is 0 Å². The van der Waals surface area contributed by atoms with Crippen LogP contribution in [0.2, 0.25) is 0 Å². The largest absolute Gasteiger partial charge is 0.496 e. The van der Waals surface area contributed by atoms with E-state index in [1.54, 1.807) is 27.4 Å². The summed E-state index contributed by atoms with van der Waals surface area (Å²) in [5.74, 6) is 2.09. The van der Waals surface area contributed by atoms with Gasteiger partial charge in [-0.15, -0.1) is 0 Å². The van der Waals surface area contributed by atoms with Crippen LogP contribution in [-0.2, 0) is 4.74 Å². The number of ether oxygens (including phenoxy) is 4. The third-order valence-corrected chi connectivity index (χ3v) is 3.18. The molecule has 0 aliphatic heterocycles. The molecule has 2 rings (SSSR count). The fourth-order valence-corrected chi connectivity index (χ4v) is 2.08. The summed E-state index contributed by atoms with van der Waals surface area (Å²) in [7, 11) is 4.86. The molecular weight excluding hydrogens is 234 g/mol. The van der Waals surface area contributed by atoms with E-state index >= 15 is 0 Å². The molecule has 0 saturated heterocycles. The van der Waals surface area contributed by atoms with Gasteiger partial charge in [0.1, 0.15) is 29.5 Å². The van der Waals surface area contributed by atoms with Gasteiger partial charge in [-0.2, -0.15) is 0 Å². The zero-order chi connectivity index (χ0) is 13.1. The second-order valence-corrected chi connectivity index (χ2v) is 4.30. The third-order valence-electron chi connectivity index (χ3n) is 3.18. The van der Waals surface area contributed by atoms with Crippen LogP contribution in [0.15, 0.2) is 18.2 Å². The minimum Gasteiger partial charge on any atom is -0.496 e. The first-order chi connectivity index (χ1) is 8.67. The van der Waals surface area contributed by atoms with Gasteiger partial charge in [0.05, 0.1) is 14.2 Å². The SMILES string of the molecule is COc1cc(OC)cc(OC2CC(N)C2OC)c1. The topological polar surface area (TPSA) is 62.9 Å². The molecule has 0 heterocycles. The Kier molecular flexibility index (Phi) is 3.93. The molecule has 1 aliphatic rings. The Morgan fingerprint density at radius 1 is 1.00 bits per heavy atom. The molecule has 2 N–H and O–H groups in total. The monoisotopic (exact) mass is 253 g/mol. The van der Waals surface area contributed by atoms with Crippen molar-refractivity contribution >= 4 is 0 Å². The maximum absolute atomic E-state index is 5.84. The van der Waals surface area contributed by atoms with Gasteiger partial charge in [0.2, 0.25) is 0 Å². The van der Waals surface area contributed by atoms with Gasteiger partial charge in [0, 0.05) is 37.8 Å². The number of hydrogen-bond donors (Lipinski definition) is 1. The molecule has 5 heteroatoms. The summed E-state index contributed by atoms with van der Waals surface area (Å²) < 4.78 is 21.5. The van der Waals surface area contributed by atoms with Crippen LogP contribution in [0.4, 0.5) is 0 Å². The zero-order valence-corrected chi connectivity index (χ0v) is 10.9. The molecule has 1 fully saturated rings. The summed E-state index contributed by atoms with van der Waals surface area (Å²) in [4.78, 5) is 0. The summed E-state index contributed by atoms with van der Waals surface area (Å²) in [5, 5.41) is 0. The van der Waals surface area contributed by atoms with Crippen LogP contribution in [0.1, 0.15) is 6.42 Å². The highest BCUT2D eigenvalue weighted by Gasteiger charge is 2.41. The van der Waals surface area contributed by atoms with Crippen LogP contribution in [0.3, 0.4) is 0 Å². The Labute approximate surface area is 107 Å². The van der Waals surface area contributed by atoms with Crippen LogP contribution in [0.25, 0.3) is 0 Å². The smallest absolute Gasteiger partial charge is 0.128 e. The minimum absolute atomic E-state index is 0.0122. The van der Waals surface area contributed by atoms with Gasteiger partial charge in [-0.3, -0.25) is 0 Å². The van der Waals surface area contributed by atoms with E-state index in [0.717, 1.165) is 6.42 Å². The average Bonchev–Trinajstić information content (AvgIpc) is 2.38. The average molecular weight is 253 g/mol. The van der Waals surface area contributed by atoms with Crippen LogP contribution in [0, 0.1) is 0 Å². The van der Waals surface area contributed by atoms with Crippen molar-refractivity contribution in [3.05, 3.63) is 18.2 Å². The Morgan fingerprint density at radius 2 is 1.56 bits per heavy atom. The highest BCUT2D eigenvalue weighted by atomic mass is 16.5. The lowest BCUT2D eigenvalue weighted by atomic mass is 9.86. The van der Waals surface area contributed by atoms with Crippen LogP contribution in [0.5, 0.6) is 17.2 Å². The van der Waals surface area contributed by atoms with E-state index in [4.69, 9.17) is 24.7 Å². The highest BCUT2D eigenvalue weighted by Crippen LogP contribution is 2.32. The summed E-state index contributed by atoms with van der Waals surface area (Å²) in [5.41, 5.74) is 5.84. The van der Waals surface area contributed by atoms with Crippen molar-refractivity contribution in [1.29, 1.82) is 0 Å². The maximum atomic E-state index is 5.84. The number of nitrogens with two attached hydrogens (primary N) is 1. The molecule has 3 unspecified atom stereocenters. The van der Waals surface area contributed by atoms with Crippen LogP contribution in [-0.4, -0.2) is 39.6 Å². The number of rotatable bonds is 5. The fraction of sp³-hybridized carbons (Fsp3) is 0.538. The maximum Gasteiger partial charge on any atom is 0.128 e. The predicted molar refractivity (Wildman–Crippen MR) is 67.4 cm³/mol. The molecule has 0 radical (unpaired) electrons. The van der Waals surface area contributed by atoms with E-state index in [2.05, 4.69) is 0 Å². The zero-order valence-electron chi connectivity index (χ0n) is 10.9. The van der Waals surface area contributed by atoms with Gasteiger partial charge in [0.25, 0.3) is 0 Å². The van der Waals surface area contributed by atoms with Crippen molar-refractivity contribution in [1.82, 2.24) is 0 Å². The Morgan fingerprint density at radius 3 is 2.00 bits per heavy atom. The molecule has 5 nitrogen and oxygen atoms in total. The molecule has 1 aromatic rings. The van der Waals surface area contributed by atoms with E-state index in [0.29, 0.717) is 17.2 Å². The van der Waals surface area contributed by atoms with E-state index in [9.17, 15) is 0 Å². The normalized spacial score (nSPS) is 26.3. The second-order valence-electron chi connectivity index (χ2n) is 4.30. The van der Waals surface area contributed by atoms with Crippen molar-refractivity contribution in [2.45, 2.75) is 24.7 Å². The lowest BCUT2D eigenvalue weighted by Crippen LogP contribution is -2.59. The van der Waals surface area contributed by atoms with E-state index in [-0.39, 0.29) is 18.2 Å². The summed E-state index contributed by atoms with van der Waals surface area (Å²) in [6.07, 6.45) is 0.724. The summed E-state index contributed by atoms with van der Waals surface area (Å²) >= 11 is 0. The second kappa shape index (κ2) is 5.46. The number of methoxy groups -OCH3 is 3. The van der Waals surface area contributed by atoms with Crippen LogP contribution < -0.4 is 19.9 Å². The Hall–Kier alpha value is -1.46. The minimum atomic E-state index is -0.0535. The molecule has 18 heavy (non-hydrogen) atoms. The van der Waals surface area contributed by atoms with Gasteiger partial charge in [0.15, 0.2) is 0 Å². The Balaban J connectivity index is 2.09. The van der Waals surface area contributed by atoms with E-state index < -0.39 is 0 Å². The predicted octanol–water partition coefficient (Wildman–Crippen LogP) is 1.20. The fourth-order valence-electron chi connectivity index (χ4n) is 2.08. The summed E-state index contributed by atoms with van der Waals surface area (Å²) in [6, 6.07) is 5.48.